The van der Waals surface area contributed by atoms with E-state index in [-0.39, 0.29) is 51.8 Å². The molecule has 3 aliphatic rings. The van der Waals surface area contributed by atoms with Crippen LogP contribution in [0.2, 0.25) is 10.0 Å². The van der Waals surface area contributed by atoms with Crippen molar-refractivity contribution in [1.82, 2.24) is 9.88 Å². The molecule has 3 aromatic carbocycles. The molecule has 0 N–H and O–H groups in total. The molecule has 14 heteroatoms. The summed E-state index contributed by atoms with van der Waals surface area (Å²) in [5.74, 6) is -2.27. The quantitative estimate of drug-likeness (QED) is 0.133. The highest BCUT2D eigenvalue weighted by Crippen LogP contribution is 2.37. The van der Waals surface area contributed by atoms with Crippen molar-refractivity contribution in [2.75, 3.05) is 31.6 Å². The highest BCUT2D eigenvalue weighted by molar-refractivity contribution is 6.35. The van der Waals surface area contributed by atoms with E-state index in [9.17, 15) is 22.8 Å². The molecule has 1 amide bonds. The van der Waals surface area contributed by atoms with Crippen LogP contribution in [0.15, 0.2) is 79.1 Å². The molecular formula is C37H34Cl2F3N3O6. The fraction of sp³-hybridized carbons (Fsp3) is 0.324. The lowest BCUT2D eigenvalue weighted by atomic mass is 9.86. The second kappa shape index (κ2) is 16.2. The Labute approximate surface area is 307 Å². The zero-order chi connectivity index (χ0) is 38.6. The largest absolute Gasteiger partial charge is 0.493 e. The number of aromatic nitrogens is 1. The molecular weight excluding hydrogens is 710 g/mol. The molecule has 1 aromatic heterocycles. The number of rotatable bonds is 12. The Morgan fingerprint density at radius 3 is 2.47 bits per heavy atom. The minimum atomic E-state index is -3.29. The van der Waals surface area contributed by atoms with Crippen molar-refractivity contribution in [1.29, 1.82) is 0 Å². The molecule has 2 atom stereocenters. The standard InChI is InChI=1S/C37H34Cl2F3N3O6/c1-48-33-15-24(8-9-31(33)50-36(41)42)32(17-28-29(38)18-43-19-30(28)39)49-35(46)25-5-2-4-22(14-25)20-45(27-7-3-6-26(40)16-27)37(47)51-34-21-44-12-10-23(34)11-13-44/h2-9,14-16,18-19,23,32,34,36H,10-13,17,20-21H2,1H3/t32-,34-/m0/s1/i1D3. The zero-order valence-corrected chi connectivity index (χ0v) is 28.5. The van der Waals surface area contributed by atoms with Gasteiger partial charge in [-0.25, -0.2) is 14.0 Å². The number of carbonyl (C=O) groups excluding carboxylic acids is 2. The molecule has 4 aromatic rings. The lowest BCUT2D eigenvalue weighted by molar-refractivity contribution is -0.0512. The number of methoxy groups -OCH3 is 1. The maximum Gasteiger partial charge on any atom is 0.414 e. The summed E-state index contributed by atoms with van der Waals surface area (Å²) in [6.45, 7) is -0.845. The Morgan fingerprint density at radius 2 is 1.78 bits per heavy atom. The van der Waals surface area contributed by atoms with E-state index in [0.717, 1.165) is 38.1 Å². The van der Waals surface area contributed by atoms with Crippen LogP contribution in [0, 0.1) is 11.7 Å². The first-order valence-electron chi connectivity index (χ1n) is 17.5. The van der Waals surface area contributed by atoms with Crippen molar-refractivity contribution in [3.8, 4) is 11.5 Å². The van der Waals surface area contributed by atoms with Crippen LogP contribution >= 0.6 is 23.2 Å². The molecule has 0 saturated carbocycles. The lowest BCUT2D eigenvalue weighted by Crippen LogP contribution is -2.53. The van der Waals surface area contributed by atoms with Crippen molar-refractivity contribution in [2.45, 2.75) is 44.6 Å². The van der Waals surface area contributed by atoms with E-state index in [1.807, 2.05) is 0 Å². The summed E-state index contributed by atoms with van der Waals surface area (Å²) in [5, 5.41) is 0.287. The molecule has 0 spiro atoms. The van der Waals surface area contributed by atoms with E-state index in [0.29, 0.717) is 17.7 Å². The van der Waals surface area contributed by atoms with Crippen LogP contribution in [0.5, 0.6) is 11.5 Å². The number of esters is 1. The second-order valence-electron chi connectivity index (χ2n) is 12.2. The lowest BCUT2D eigenvalue weighted by Gasteiger charge is -2.44. The minimum absolute atomic E-state index is 0.0611. The Morgan fingerprint density at radius 1 is 1.02 bits per heavy atom. The topological polar surface area (TPSA) is 90.4 Å². The summed E-state index contributed by atoms with van der Waals surface area (Å²) in [5.41, 5.74) is 1.27. The molecule has 268 valence electrons. The van der Waals surface area contributed by atoms with Crippen LogP contribution in [0.4, 0.5) is 23.7 Å². The van der Waals surface area contributed by atoms with E-state index in [1.165, 1.54) is 53.7 Å². The number of nitrogens with zero attached hydrogens (tertiary/aromatic N) is 3. The van der Waals surface area contributed by atoms with Crippen LogP contribution in [0.3, 0.4) is 0 Å². The summed E-state index contributed by atoms with van der Waals surface area (Å²) in [6.07, 6.45) is 2.17. The summed E-state index contributed by atoms with van der Waals surface area (Å²) < 4.78 is 84.6. The summed E-state index contributed by atoms with van der Waals surface area (Å²) in [6, 6.07) is 15.3. The van der Waals surface area contributed by atoms with Gasteiger partial charge < -0.3 is 18.9 Å². The first kappa shape index (κ1) is 32.4. The Kier molecular flexibility index (Phi) is 10.3. The van der Waals surface area contributed by atoms with Gasteiger partial charge in [0.25, 0.3) is 0 Å². The van der Waals surface area contributed by atoms with E-state index >= 15 is 0 Å². The van der Waals surface area contributed by atoms with Gasteiger partial charge in [-0.2, -0.15) is 8.78 Å². The fourth-order valence-electron chi connectivity index (χ4n) is 6.36. The average molecular weight is 748 g/mol. The average Bonchev–Trinajstić information content (AvgIpc) is 3.12. The monoisotopic (exact) mass is 746 g/mol. The van der Waals surface area contributed by atoms with Gasteiger partial charge in [-0.1, -0.05) is 47.5 Å². The highest BCUT2D eigenvalue weighted by atomic mass is 35.5. The number of hydrogen-bond donors (Lipinski definition) is 0. The predicted molar refractivity (Wildman–Crippen MR) is 184 cm³/mol. The van der Waals surface area contributed by atoms with E-state index in [2.05, 4.69) is 14.6 Å². The van der Waals surface area contributed by atoms with Crippen molar-refractivity contribution < 1.29 is 45.8 Å². The number of ether oxygens (including phenoxy) is 4. The summed E-state index contributed by atoms with van der Waals surface area (Å²) >= 11 is 12.8. The van der Waals surface area contributed by atoms with Gasteiger partial charge in [0.15, 0.2) is 11.5 Å². The first-order valence-corrected chi connectivity index (χ1v) is 16.8. The molecule has 3 saturated heterocycles. The minimum Gasteiger partial charge on any atom is -0.493 e. The molecule has 3 fully saturated rings. The van der Waals surface area contributed by atoms with Gasteiger partial charge in [0.05, 0.1) is 39.0 Å². The van der Waals surface area contributed by atoms with Crippen LogP contribution < -0.4 is 14.4 Å². The molecule has 3 aliphatic heterocycles. The number of carbonyl (C=O) groups is 2. The number of fused-ring (bicyclic) bond motifs is 3. The maximum atomic E-state index is 14.4. The van der Waals surface area contributed by atoms with Crippen LogP contribution in [0.1, 0.15) is 50.1 Å². The molecule has 7 rings (SSSR count). The van der Waals surface area contributed by atoms with Crippen LogP contribution in [0.25, 0.3) is 0 Å². The summed E-state index contributed by atoms with van der Waals surface area (Å²) in [4.78, 5) is 35.0. The van der Waals surface area contributed by atoms with Crippen molar-refractivity contribution in [2.24, 2.45) is 5.92 Å². The number of hydrogen-bond acceptors (Lipinski definition) is 8. The number of alkyl halides is 2. The molecule has 4 heterocycles. The van der Waals surface area contributed by atoms with Gasteiger partial charge in [0, 0.05) is 25.4 Å². The Bertz CT molecular complexity index is 1970. The second-order valence-corrected chi connectivity index (χ2v) is 13.0. The van der Waals surface area contributed by atoms with Gasteiger partial charge >= 0.3 is 18.7 Å². The predicted octanol–water partition coefficient (Wildman–Crippen LogP) is 8.52. The van der Waals surface area contributed by atoms with Crippen molar-refractivity contribution in [3.05, 3.63) is 117 Å². The van der Waals surface area contributed by atoms with Crippen molar-refractivity contribution >= 4 is 41.0 Å². The van der Waals surface area contributed by atoms with Crippen LogP contribution in [-0.2, 0) is 22.4 Å². The molecule has 0 radical (unpaired) electrons. The number of amides is 1. The van der Waals surface area contributed by atoms with Gasteiger partial charge in [-0.15, -0.1) is 0 Å². The van der Waals surface area contributed by atoms with Gasteiger partial charge in [-0.3, -0.25) is 14.8 Å². The third-order valence-corrected chi connectivity index (χ3v) is 9.60. The fourth-order valence-corrected chi connectivity index (χ4v) is 6.88. The maximum absolute atomic E-state index is 14.4. The number of benzene rings is 3. The smallest absolute Gasteiger partial charge is 0.414 e. The Balaban J connectivity index is 1.28. The number of piperidine rings is 3. The number of halogens is 5. The molecule has 9 nitrogen and oxygen atoms in total. The van der Waals surface area contributed by atoms with Gasteiger partial charge in [0.2, 0.25) is 0 Å². The third-order valence-electron chi connectivity index (χ3n) is 8.95. The molecule has 0 unspecified atom stereocenters. The molecule has 0 aliphatic carbocycles. The number of anilines is 1. The zero-order valence-electron chi connectivity index (χ0n) is 29.9. The number of pyridine rings is 1. The SMILES string of the molecule is [2H]C([2H])([2H])Oc1cc([C@H](Cc2c(Cl)cncc2Cl)OC(=O)c2cccc(CN(C(=O)O[C@H]3CN4CCC3CC4)c3cccc(F)c3)c2)ccc1OC(F)F. The van der Waals surface area contributed by atoms with E-state index in [4.69, 9.17) is 41.5 Å². The van der Waals surface area contributed by atoms with Crippen molar-refractivity contribution in [3.63, 3.8) is 0 Å². The van der Waals surface area contributed by atoms with Gasteiger partial charge in [-0.05, 0) is 91.0 Å². The molecule has 2 bridgehead atoms. The Hall–Kier alpha value is -4.52. The third kappa shape index (κ3) is 8.87. The summed E-state index contributed by atoms with van der Waals surface area (Å²) in [7, 11) is -3.04. The first-order chi connectivity index (χ1) is 25.7. The van der Waals surface area contributed by atoms with E-state index < -0.39 is 49.1 Å². The highest BCUT2D eigenvalue weighted by Gasteiger charge is 2.37. The normalized spacial score (nSPS) is 19.7. The van der Waals surface area contributed by atoms with Gasteiger partial charge in [0.1, 0.15) is 18.0 Å². The molecule has 51 heavy (non-hydrogen) atoms. The van der Waals surface area contributed by atoms with Crippen LogP contribution in [-0.4, -0.2) is 61.3 Å². The van der Waals surface area contributed by atoms with E-state index in [1.54, 1.807) is 18.2 Å².